The Morgan fingerprint density at radius 3 is 2.53 bits per heavy atom. The predicted octanol–water partition coefficient (Wildman–Crippen LogP) is 3.45. The Morgan fingerprint density at radius 2 is 2.07 bits per heavy atom. The number of aryl methyl sites for hydroxylation is 1. The number of nitro groups is 1. The molecule has 4 nitrogen and oxygen atoms in total. The summed E-state index contributed by atoms with van der Waals surface area (Å²) in [5, 5.41) is 10.7. The molecular formula is C10H12BrNO3. The summed E-state index contributed by atoms with van der Waals surface area (Å²) in [6, 6.07) is 3.13. The largest absolute Gasteiger partial charge is 0.490 e. The van der Waals surface area contributed by atoms with Crippen molar-refractivity contribution in [1.82, 2.24) is 0 Å². The zero-order chi connectivity index (χ0) is 11.6. The molecule has 0 aliphatic carbocycles. The Labute approximate surface area is 96.5 Å². The lowest BCUT2D eigenvalue weighted by atomic mass is 10.2. The Hall–Kier alpha value is -1.10. The predicted molar refractivity (Wildman–Crippen MR) is 61.3 cm³/mol. The number of nitrogens with zero attached hydrogens (tertiary/aromatic N) is 1. The fraction of sp³-hybridized carbons (Fsp3) is 0.400. The highest BCUT2D eigenvalue weighted by molar-refractivity contribution is 9.10. The van der Waals surface area contributed by atoms with Crippen LogP contribution in [0.3, 0.4) is 0 Å². The third-order valence-electron chi connectivity index (χ3n) is 1.81. The summed E-state index contributed by atoms with van der Waals surface area (Å²) < 4.78 is 6.10. The van der Waals surface area contributed by atoms with Crippen LogP contribution >= 0.6 is 15.9 Å². The van der Waals surface area contributed by atoms with Crippen LogP contribution in [-0.4, -0.2) is 11.0 Å². The van der Waals surface area contributed by atoms with E-state index in [0.717, 1.165) is 0 Å². The molecule has 0 aromatic heterocycles. The van der Waals surface area contributed by atoms with Gasteiger partial charge in [-0.05, 0) is 42.8 Å². The third kappa shape index (κ3) is 2.92. The molecule has 0 saturated carbocycles. The van der Waals surface area contributed by atoms with Gasteiger partial charge in [-0.15, -0.1) is 0 Å². The van der Waals surface area contributed by atoms with E-state index < -0.39 is 4.92 Å². The van der Waals surface area contributed by atoms with Crippen molar-refractivity contribution in [2.24, 2.45) is 0 Å². The van der Waals surface area contributed by atoms with Gasteiger partial charge in [-0.1, -0.05) is 0 Å². The number of nitro benzene ring substituents is 1. The minimum atomic E-state index is -0.404. The third-order valence-corrected chi connectivity index (χ3v) is 2.43. The first-order chi connectivity index (χ1) is 6.91. The molecule has 5 heteroatoms. The molecule has 0 aliphatic rings. The molecule has 0 radical (unpaired) electrons. The molecular weight excluding hydrogens is 262 g/mol. The molecule has 0 amide bonds. The van der Waals surface area contributed by atoms with E-state index in [1.54, 1.807) is 13.0 Å². The fourth-order valence-corrected chi connectivity index (χ4v) is 1.61. The second-order valence-electron chi connectivity index (χ2n) is 3.49. The number of hydrogen-bond donors (Lipinski definition) is 0. The number of ether oxygens (including phenoxy) is 1. The van der Waals surface area contributed by atoms with Crippen molar-refractivity contribution in [1.29, 1.82) is 0 Å². The first kappa shape index (κ1) is 12.0. The van der Waals surface area contributed by atoms with Crippen molar-refractivity contribution in [2.75, 3.05) is 0 Å². The van der Waals surface area contributed by atoms with Gasteiger partial charge >= 0.3 is 0 Å². The van der Waals surface area contributed by atoms with E-state index in [9.17, 15) is 10.1 Å². The maximum Gasteiger partial charge on any atom is 0.273 e. The van der Waals surface area contributed by atoms with Gasteiger partial charge in [-0.2, -0.15) is 0 Å². The normalized spacial score (nSPS) is 10.5. The molecule has 0 N–H and O–H groups in total. The zero-order valence-electron chi connectivity index (χ0n) is 8.78. The van der Waals surface area contributed by atoms with Crippen molar-refractivity contribution in [3.05, 3.63) is 32.3 Å². The molecule has 0 aliphatic heterocycles. The summed E-state index contributed by atoms with van der Waals surface area (Å²) >= 11 is 3.25. The van der Waals surface area contributed by atoms with Crippen LogP contribution in [0.4, 0.5) is 5.69 Å². The molecule has 0 atom stereocenters. The van der Waals surface area contributed by atoms with Crippen molar-refractivity contribution in [3.63, 3.8) is 0 Å². The summed E-state index contributed by atoms with van der Waals surface area (Å²) in [4.78, 5) is 10.2. The Bertz CT molecular complexity index is 390. The van der Waals surface area contributed by atoms with Crippen LogP contribution in [0.2, 0.25) is 0 Å². The highest BCUT2D eigenvalue weighted by Gasteiger charge is 2.15. The number of halogens is 1. The van der Waals surface area contributed by atoms with Gasteiger partial charge in [-0.3, -0.25) is 10.1 Å². The molecule has 0 heterocycles. The lowest BCUT2D eigenvalue weighted by molar-refractivity contribution is -0.385. The maximum absolute atomic E-state index is 10.7. The molecule has 82 valence electrons. The van der Waals surface area contributed by atoms with Crippen LogP contribution in [-0.2, 0) is 0 Å². The van der Waals surface area contributed by atoms with Gasteiger partial charge in [0.1, 0.15) is 5.75 Å². The standard InChI is InChI=1S/C10H12BrNO3/c1-6(2)15-10-4-7(3)9(12(13)14)5-8(10)11/h4-6H,1-3H3. The lowest BCUT2D eigenvalue weighted by Gasteiger charge is -2.12. The zero-order valence-corrected chi connectivity index (χ0v) is 10.4. The van der Waals surface area contributed by atoms with Crippen LogP contribution in [0, 0.1) is 17.0 Å². The van der Waals surface area contributed by atoms with Crippen molar-refractivity contribution in [3.8, 4) is 5.75 Å². The maximum atomic E-state index is 10.7. The van der Waals surface area contributed by atoms with Gasteiger partial charge < -0.3 is 4.74 Å². The van der Waals surface area contributed by atoms with Gasteiger partial charge in [0.15, 0.2) is 0 Å². The SMILES string of the molecule is Cc1cc(OC(C)C)c(Br)cc1[N+](=O)[O-]. The van der Waals surface area contributed by atoms with Crippen molar-refractivity contribution >= 4 is 21.6 Å². The van der Waals surface area contributed by atoms with Crippen LogP contribution in [0.1, 0.15) is 19.4 Å². The summed E-state index contributed by atoms with van der Waals surface area (Å²) in [6.45, 7) is 5.50. The molecule has 1 aromatic rings. The van der Waals surface area contributed by atoms with Crippen LogP contribution in [0.5, 0.6) is 5.75 Å². The van der Waals surface area contributed by atoms with E-state index in [1.807, 2.05) is 13.8 Å². The molecule has 0 spiro atoms. The summed E-state index contributed by atoms with van der Waals surface area (Å²) in [5.41, 5.74) is 0.692. The van der Waals surface area contributed by atoms with Crippen LogP contribution < -0.4 is 4.74 Å². The Kier molecular flexibility index (Phi) is 3.68. The summed E-state index contributed by atoms with van der Waals surface area (Å²) in [7, 11) is 0. The number of rotatable bonds is 3. The van der Waals surface area contributed by atoms with Gasteiger partial charge in [0.05, 0.1) is 15.5 Å². The van der Waals surface area contributed by atoms with E-state index >= 15 is 0 Å². The topological polar surface area (TPSA) is 52.4 Å². The van der Waals surface area contributed by atoms with E-state index in [0.29, 0.717) is 15.8 Å². The number of benzene rings is 1. The summed E-state index contributed by atoms with van der Waals surface area (Å²) in [5.74, 6) is 0.633. The van der Waals surface area contributed by atoms with Crippen LogP contribution in [0.25, 0.3) is 0 Å². The Balaban J connectivity index is 3.13. The molecule has 1 aromatic carbocycles. The fourth-order valence-electron chi connectivity index (χ4n) is 1.19. The van der Waals surface area contributed by atoms with E-state index in [1.165, 1.54) is 6.07 Å². The molecule has 15 heavy (non-hydrogen) atoms. The van der Waals surface area contributed by atoms with E-state index in [-0.39, 0.29) is 11.8 Å². The van der Waals surface area contributed by atoms with Crippen molar-refractivity contribution < 1.29 is 9.66 Å². The first-order valence-corrected chi connectivity index (χ1v) is 5.32. The monoisotopic (exact) mass is 273 g/mol. The molecule has 0 bridgehead atoms. The molecule has 0 fully saturated rings. The number of hydrogen-bond acceptors (Lipinski definition) is 3. The second kappa shape index (κ2) is 4.61. The lowest BCUT2D eigenvalue weighted by Crippen LogP contribution is -2.06. The van der Waals surface area contributed by atoms with Crippen molar-refractivity contribution in [2.45, 2.75) is 26.9 Å². The minimum Gasteiger partial charge on any atom is -0.490 e. The van der Waals surface area contributed by atoms with Gasteiger partial charge in [0, 0.05) is 11.6 Å². The smallest absolute Gasteiger partial charge is 0.273 e. The molecule has 1 rings (SSSR count). The van der Waals surface area contributed by atoms with E-state index in [2.05, 4.69) is 15.9 Å². The first-order valence-electron chi connectivity index (χ1n) is 4.53. The average molecular weight is 274 g/mol. The van der Waals surface area contributed by atoms with Gasteiger partial charge in [-0.25, -0.2) is 0 Å². The van der Waals surface area contributed by atoms with Crippen LogP contribution in [0.15, 0.2) is 16.6 Å². The van der Waals surface area contributed by atoms with Gasteiger partial charge in [0.25, 0.3) is 5.69 Å². The molecule has 0 saturated heterocycles. The highest BCUT2D eigenvalue weighted by atomic mass is 79.9. The van der Waals surface area contributed by atoms with Gasteiger partial charge in [0.2, 0.25) is 0 Å². The summed E-state index contributed by atoms with van der Waals surface area (Å²) in [6.07, 6.45) is 0.0437. The van der Waals surface area contributed by atoms with E-state index in [4.69, 9.17) is 4.74 Å². The minimum absolute atomic E-state index is 0.0437. The Morgan fingerprint density at radius 1 is 1.47 bits per heavy atom. The second-order valence-corrected chi connectivity index (χ2v) is 4.35. The quantitative estimate of drug-likeness (QED) is 0.626. The highest BCUT2D eigenvalue weighted by Crippen LogP contribution is 2.32. The molecule has 0 unspecified atom stereocenters. The average Bonchev–Trinajstić information content (AvgIpc) is 2.09.